The molecule has 0 bridgehead atoms. The molecule has 1 aromatic carbocycles. The maximum Gasteiger partial charge on any atom is 0.303 e. The van der Waals surface area contributed by atoms with Gasteiger partial charge in [0.05, 0.1) is 12.7 Å². The molecule has 1 amide bonds. The second-order valence-electron chi connectivity index (χ2n) is 5.01. The van der Waals surface area contributed by atoms with Crippen LogP contribution in [0.5, 0.6) is 0 Å². The van der Waals surface area contributed by atoms with E-state index in [1.165, 1.54) is 6.26 Å². The second-order valence-corrected chi connectivity index (χ2v) is 5.01. The normalized spacial score (nSPS) is 11.9. The molecule has 0 spiro atoms. The van der Waals surface area contributed by atoms with Gasteiger partial charge in [-0.1, -0.05) is 19.1 Å². The fourth-order valence-corrected chi connectivity index (χ4v) is 2.07. The van der Waals surface area contributed by atoms with Gasteiger partial charge in [-0.2, -0.15) is 0 Å². The van der Waals surface area contributed by atoms with E-state index in [2.05, 4.69) is 5.32 Å². The summed E-state index contributed by atoms with van der Waals surface area (Å²) in [6, 6.07) is 8.87. The van der Waals surface area contributed by atoms with E-state index in [4.69, 9.17) is 9.52 Å². The van der Waals surface area contributed by atoms with Crippen LogP contribution in [-0.4, -0.2) is 17.0 Å². The molecule has 1 atom stereocenters. The lowest BCUT2D eigenvalue weighted by Crippen LogP contribution is -2.12. The van der Waals surface area contributed by atoms with Crippen molar-refractivity contribution < 1.29 is 19.1 Å². The summed E-state index contributed by atoms with van der Waals surface area (Å²) in [6.45, 7) is 3.66. The van der Waals surface area contributed by atoms with Gasteiger partial charge in [0.1, 0.15) is 0 Å². The van der Waals surface area contributed by atoms with Gasteiger partial charge in [0.2, 0.25) is 0 Å². The molecule has 1 aromatic heterocycles. The van der Waals surface area contributed by atoms with Crippen molar-refractivity contribution >= 4 is 17.6 Å². The van der Waals surface area contributed by atoms with Crippen LogP contribution in [0.2, 0.25) is 0 Å². The van der Waals surface area contributed by atoms with Crippen molar-refractivity contribution in [1.29, 1.82) is 0 Å². The van der Waals surface area contributed by atoms with Crippen molar-refractivity contribution in [3.63, 3.8) is 0 Å². The summed E-state index contributed by atoms with van der Waals surface area (Å²) >= 11 is 0. The average molecular weight is 287 g/mol. The summed E-state index contributed by atoms with van der Waals surface area (Å²) in [5.41, 5.74) is 2.34. The van der Waals surface area contributed by atoms with Crippen LogP contribution in [0.3, 0.4) is 0 Å². The van der Waals surface area contributed by atoms with Crippen LogP contribution < -0.4 is 5.32 Å². The van der Waals surface area contributed by atoms with Crippen LogP contribution in [0.15, 0.2) is 41.0 Å². The molecule has 0 saturated carbocycles. The standard InChI is InChI=1S/C16H17NO4/c1-10-7-8-21-15(10)16(20)17-13-5-3-12(4-6-13)11(2)9-14(18)19/h3-8,11H,9H2,1-2H3,(H,17,20)(H,18,19). The van der Waals surface area contributed by atoms with Gasteiger partial charge in [0.15, 0.2) is 5.76 Å². The largest absolute Gasteiger partial charge is 0.481 e. The van der Waals surface area contributed by atoms with Crippen LogP contribution in [0, 0.1) is 6.92 Å². The fourth-order valence-electron chi connectivity index (χ4n) is 2.07. The minimum atomic E-state index is -0.826. The van der Waals surface area contributed by atoms with Gasteiger partial charge >= 0.3 is 5.97 Å². The summed E-state index contributed by atoms with van der Waals surface area (Å²) < 4.78 is 5.13. The number of nitrogens with one attached hydrogen (secondary N) is 1. The van der Waals surface area contributed by atoms with Crippen molar-refractivity contribution in [1.82, 2.24) is 0 Å². The van der Waals surface area contributed by atoms with Gasteiger partial charge in [-0.3, -0.25) is 9.59 Å². The number of carboxylic acids is 1. The summed E-state index contributed by atoms with van der Waals surface area (Å²) in [5.74, 6) is -0.908. The third-order valence-electron chi connectivity index (χ3n) is 3.29. The Morgan fingerprint density at radius 2 is 1.90 bits per heavy atom. The van der Waals surface area contributed by atoms with Crippen molar-refractivity contribution in [3.8, 4) is 0 Å². The lowest BCUT2D eigenvalue weighted by molar-refractivity contribution is -0.137. The molecule has 0 aliphatic heterocycles. The third kappa shape index (κ3) is 3.72. The molecule has 2 aromatic rings. The zero-order chi connectivity index (χ0) is 15.4. The van der Waals surface area contributed by atoms with Gasteiger partial charge < -0.3 is 14.8 Å². The Kier molecular flexibility index (Phi) is 4.42. The smallest absolute Gasteiger partial charge is 0.303 e. The molecule has 0 saturated heterocycles. The van der Waals surface area contributed by atoms with Crippen LogP contribution in [0.1, 0.15) is 40.9 Å². The van der Waals surface area contributed by atoms with Crippen LogP contribution >= 0.6 is 0 Å². The molecule has 5 heteroatoms. The average Bonchev–Trinajstić information content (AvgIpc) is 2.85. The highest BCUT2D eigenvalue weighted by atomic mass is 16.4. The number of amides is 1. The monoisotopic (exact) mass is 287 g/mol. The highest BCUT2D eigenvalue weighted by Gasteiger charge is 2.13. The van der Waals surface area contributed by atoms with E-state index in [1.807, 2.05) is 19.1 Å². The maximum absolute atomic E-state index is 12.0. The molecule has 0 aliphatic rings. The number of benzene rings is 1. The quantitative estimate of drug-likeness (QED) is 0.883. The second kappa shape index (κ2) is 6.26. The van der Waals surface area contributed by atoms with Crippen LogP contribution in [-0.2, 0) is 4.79 Å². The topological polar surface area (TPSA) is 79.5 Å². The van der Waals surface area contributed by atoms with E-state index in [0.29, 0.717) is 11.4 Å². The zero-order valence-corrected chi connectivity index (χ0v) is 11.9. The van der Waals surface area contributed by atoms with Crippen molar-refractivity contribution in [3.05, 3.63) is 53.5 Å². The van der Waals surface area contributed by atoms with Gasteiger partial charge in [-0.25, -0.2) is 0 Å². The molecule has 0 radical (unpaired) electrons. The number of anilines is 1. The van der Waals surface area contributed by atoms with Crippen molar-refractivity contribution in [2.75, 3.05) is 5.32 Å². The Balaban J connectivity index is 2.04. The summed E-state index contributed by atoms with van der Waals surface area (Å²) in [4.78, 5) is 22.7. The molecule has 0 aliphatic carbocycles. The Labute approximate surface area is 122 Å². The molecular formula is C16H17NO4. The highest BCUT2D eigenvalue weighted by molar-refractivity contribution is 6.03. The van der Waals surface area contributed by atoms with Gasteiger partial charge in [0, 0.05) is 11.3 Å². The SMILES string of the molecule is Cc1ccoc1C(=O)Nc1ccc(C(C)CC(=O)O)cc1. The minimum Gasteiger partial charge on any atom is -0.481 e. The highest BCUT2D eigenvalue weighted by Crippen LogP contribution is 2.21. The van der Waals surface area contributed by atoms with E-state index >= 15 is 0 Å². The summed E-state index contributed by atoms with van der Waals surface area (Å²) in [6.07, 6.45) is 1.55. The molecule has 1 heterocycles. The predicted molar refractivity (Wildman–Crippen MR) is 78.5 cm³/mol. The van der Waals surface area contributed by atoms with Gasteiger partial charge in [-0.15, -0.1) is 0 Å². The number of furan rings is 1. The third-order valence-corrected chi connectivity index (χ3v) is 3.29. The molecule has 1 unspecified atom stereocenters. The molecule has 2 N–H and O–H groups in total. The first kappa shape index (κ1) is 14.8. The first-order valence-corrected chi connectivity index (χ1v) is 6.64. The fraction of sp³-hybridized carbons (Fsp3) is 0.250. The van der Waals surface area contributed by atoms with E-state index in [9.17, 15) is 9.59 Å². The van der Waals surface area contributed by atoms with Crippen molar-refractivity contribution in [2.45, 2.75) is 26.2 Å². The van der Waals surface area contributed by atoms with Crippen LogP contribution in [0.25, 0.3) is 0 Å². The Hall–Kier alpha value is -2.56. The maximum atomic E-state index is 12.0. The lowest BCUT2D eigenvalue weighted by Gasteiger charge is -2.10. The molecular weight excluding hydrogens is 270 g/mol. The van der Waals surface area contributed by atoms with E-state index in [1.54, 1.807) is 25.1 Å². The molecule has 0 fully saturated rings. The molecule has 110 valence electrons. The van der Waals surface area contributed by atoms with E-state index in [0.717, 1.165) is 11.1 Å². The van der Waals surface area contributed by atoms with Gasteiger partial charge in [-0.05, 0) is 36.6 Å². The first-order valence-electron chi connectivity index (χ1n) is 6.64. The Bertz CT molecular complexity index is 643. The number of rotatable bonds is 5. The molecule has 21 heavy (non-hydrogen) atoms. The van der Waals surface area contributed by atoms with Crippen LogP contribution in [0.4, 0.5) is 5.69 Å². The zero-order valence-electron chi connectivity index (χ0n) is 11.9. The molecule has 5 nitrogen and oxygen atoms in total. The lowest BCUT2D eigenvalue weighted by atomic mass is 9.98. The van der Waals surface area contributed by atoms with Crippen molar-refractivity contribution in [2.24, 2.45) is 0 Å². The van der Waals surface area contributed by atoms with Gasteiger partial charge in [0.25, 0.3) is 5.91 Å². The van der Waals surface area contributed by atoms with E-state index < -0.39 is 5.97 Å². The Morgan fingerprint density at radius 1 is 1.24 bits per heavy atom. The summed E-state index contributed by atoms with van der Waals surface area (Å²) in [7, 11) is 0. The number of aryl methyl sites for hydroxylation is 1. The number of carbonyl (C=O) groups is 2. The first-order chi connectivity index (χ1) is 9.97. The molecule has 2 rings (SSSR count). The number of carbonyl (C=O) groups excluding carboxylic acids is 1. The predicted octanol–water partition coefficient (Wildman–Crippen LogP) is 3.42. The number of hydrogen-bond acceptors (Lipinski definition) is 3. The number of aliphatic carboxylic acids is 1. The summed E-state index contributed by atoms with van der Waals surface area (Å²) in [5, 5.41) is 11.5. The minimum absolute atomic E-state index is 0.0698. The number of hydrogen-bond donors (Lipinski definition) is 2. The number of carboxylic acid groups (broad SMARTS) is 1. The van der Waals surface area contributed by atoms with E-state index in [-0.39, 0.29) is 18.2 Å². The Morgan fingerprint density at radius 3 is 2.43 bits per heavy atom.